The van der Waals surface area contributed by atoms with Crippen molar-refractivity contribution in [1.29, 1.82) is 0 Å². The Morgan fingerprint density at radius 3 is 2.50 bits per heavy atom. The lowest BCUT2D eigenvalue weighted by atomic mass is 9.78. The highest BCUT2D eigenvalue weighted by Crippen LogP contribution is 2.45. The van der Waals surface area contributed by atoms with Gasteiger partial charge in [0, 0.05) is 12.0 Å². The van der Waals surface area contributed by atoms with E-state index in [0.717, 1.165) is 6.61 Å². The summed E-state index contributed by atoms with van der Waals surface area (Å²) in [7, 11) is 2.22. The molecule has 0 amide bonds. The molecule has 2 rings (SSSR count). The lowest BCUT2D eigenvalue weighted by Gasteiger charge is -2.27. The van der Waals surface area contributed by atoms with Crippen LogP contribution in [0.15, 0.2) is 0 Å². The summed E-state index contributed by atoms with van der Waals surface area (Å²) in [4.78, 5) is 2.44. The molecular weight excluding hydrogens is 174 g/mol. The predicted octanol–water partition coefficient (Wildman–Crippen LogP) is 2.14. The third-order valence-corrected chi connectivity index (χ3v) is 3.80. The number of nitrogens with zero attached hydrogens (tertiary/aromatic N) is 1. The second-order valence-corrected chi connectivity index (χ2v) is 6.36. The maximum absolute atomic E-state index is 5.98. The van der Waals surface area contributed by atoms with Crippen molar-refractivity contribution in [3.8, 4) is 0 Å². The van der Waals surface area contributed by atoms with E-state index in [4.69, 9.17) is 4.74 Å². The smallest absolute Gasteiger partial charge is 0.0630 e. The molecule has 2 aliphatic heterocycles. The fourth-order valence-electron chi connectivity index (χ4n) is 2.79. The minimum atomic E-state index is 0.310. The van der Waals surface area contributed by atoms with Gasteiger partial charge in [0.1, 0.15) is 0 Å². The van der Waals surface area contributed by atoms with Crippen molar-refractivity contribution >= 4 is 0 Å². The molecule has 0 saturated carbocycles. The number of likely N-dealkylation sites (tertiary alicyclic amines) is 1. The molecule has 2 unspecified atom stereocenters. The Bertz CT molecular complexity index is 221. The van der Waals surface area contributed by atoms with Gasteiger partial charge in [-0.1, -0.05) is 20.8 Å². The van der Waals surface area contributed by atoms with Crippen molar-refractivity contribution in [2.45, 2.75) is 39.7 Å². The summed E-state index contributed by atoms with van der Waals surface area (Å²) < 4.78 is 5.98. The zero-order chi connectivity index (χ0) is 10.4. The van der Waals surface area contributed by atoms with Crippen molar-refractivity contribution in [2.24, 2.45) is 10.8 Å². The lowest BCUT2D eigenvalue weighted by molar-refractivity contribution is 0.0252. The molecule has 0 bridgehead atoms. The summed E-state index contributed by atoms with van der Waals surface area (Å²) in [6.07, 6.45) is 3.06. The van der Waals surface area contributed by atoms with E-state index in [9.17, 15) is 0 Å². The van der Waals surface area contributed by atoms with Gasteiger partial charge >= 0.3 is 0 Å². The SMILES string of the molecule is CN1CCC2(COC(C(C)(C)C)C2)C1. The van der Waals surface area contributed by atoms with E-state index in [-0.39, 0.29) is 0 Å². The Morgan fingerprint density at radius 1 is 1.36 bits per heavy atom. The second kappa shape index (κ2) is 3.21. The molecule has 14 heavy (non-hydrogen) atoms. The number of rotatable bonds is 0. The van der Waals surface area contributed by atoms with E-state index >= 15 is 0 Å². The van der Waals surface area contributed by atoms with Crippen LogP contribution in [0.3, 0.4) is 0 Å². The van der Waals surface area contributed by atoms with Crippen molar-refractivity contribution < 1.29 is 4.74 Å². The average molecular weight is 197 g/mol. The molecule has 1 spiro atoms. The largest absolute Gasteiger partial charge is 0.377 e. The molecule has 2 saturated heterocycles. The summed E-state index contributed by atoms with van der Waals surface area (Å²) in [6.45, 7) is 10.3. The van der Waals surface area contributed by atoms with Crippen molar-refractivity contribution in [3.05, 3.63) is 0 Å². The molecule has 2 nitrogen and oxygen atoms in total. The number of hydrogen-bond donors (Lipinski definition) is 0. The molecule has 0 aromatic rings. The molecule has 82 valence electrons. The topological polar surface area (TPSA) is 12.5 Å². The first-order chi connectivity index (χ1) is 6.41. The Morgan fingerprint density at radius 2 is 2.07 bits per heavy atom. The number of ether oxygens (including phenoxy) is 1. The number of hydrogen-bond acceptors (Lipinski definition) is 2. The molecule has 2 heterocycles. The zero-order valence-electron chi connectivity index (χ0n) is 9.97. The summed E-state index contributed by atoms with van der Waals surface area (Å²) in [6, 6.07) is 0. The Hall–Kier alpha value is -0.0800. The molecule has 2 heteroatoms. The van der Waals surface area contributed by atoms with Gasteiger partial charge in [-0.15, -0.1) is 0 Å². The molecule has 0 aliphatic carbocycles. The van der Waals surface area contributed by atoms with Gasteiger partial charge in [0.15, 0.2) is 0 Å². The van der Waals surface area contributed by atoms with E-state index < -0.39 is 0 Å². The zero-order valence-corrected chi connectivity index (χ0v) is 9.97. The Balaban J connectivity index is 2.01. The maximum atomic E-state index is 5.98. The highest BCUT2D eigenvalue weighted by atomic mass is 16.5. The highest BCUT2D eigenvalue weighted by molar-refractivity contribution is 4.97. The quantitative estimate of drug-likeness (QED) is 0.590. The minimum Gasteiger partial charge on any atom is -0.377 e. The lowest BCUT2D eigenvalue weighted by Crippen LogP contribution is -2.28. The predicted molar refractivity (Wildman–Crippen MR) is 58.4 cm³/mol. The molecule has 2 aliphatic rings. The summed E-state index contributed by atoms with van der Waals surface area (Å²) in [5.41, 5.74) is 0.803. The van der Waals surface area contributed by atoms with Crippen molar-refractivity contribution in [2.75, 3.05) is 26.7 Å². The van der Waals surface area contributed by atoms with Crippen LogP contribution in [0.1, 0.15) is 33.6 Å². The molecule has 2 fully saturated rings. The van der Waals surface area contributed by atoms with Crippen molar-refractivity contribution in [1.82, 2.24) is 4.90 Å². The second-order valence-electron chi connectivity index (χ2n) is 6.36. The molecule has 0 aromatic carbocycles. The Kier molecular flexibility index (Phi) is 2.39. The van der Waals surface area contributed by atoms with Crippen LogP contribution in [0.4, 0.5) is 0 Å². The summed E-state index contributed by atoms with van der Waals surface area (Å²) >= 11 is 0. The van der Waals surface area contributed by atoms with Crippen LogP contribution in [-0.2, 0) is 4.74 Å². The van der Waals surface area contributed by atoms with Crippen LogP contribution in [0.2, 0.25) is 0 Å². The molecule has 2 atom stereocenters. The summed E-state index contributed by atoms with van der Waals surface area (Å²) in [5.74, 6) is 0. The van der Waals surface area contributed by atoms with Gasteiger partial charge in [0.2, 0.25) is 0 Å². The van der Waals surface area contributed by atoms with E-state index in [1.54, 1.807) is 0 Å². The average Bonchev–Trinajstić information content (AvgIpc) is 2.59. The van der Waals surface area contributed by atoms with Gasteiger partial charge in [0.25, 0.3) is 0 Å². The molecule has 0 aromatic heterocycles. The Labute approximate surface area is 87.6 Å². The minimum absolute atomic E-state index is 0.310. The van der Waals surface area contributed by atoms with Gasteiger partial charge in [-0.3, -0.25) is 0 Å². The first-order valence-corrected chi connectivity index (χ1v) is 5.72. The van der Waals surface area contributed by atoms with Crippen LogP contribution in [0, 0.1) is 10.8 Å². The third kappa shape index (κ3) is 1.82. The standard InChI is InChI=1S/C12H23NO/c1-11(2,3)10-7-12(9-14-10)5-6-13(4)8-12/h10H,5-9H2,1-4H3. The highest BCUT2D eigenvalue weighted by Gasteiger charge is 2.47. The fraction of sp³-hybridized carbons (Fsp3) is 1.00. The fourth-order valence-corrected chi connectivity index (χ4v) is 2.79. The van der Waals surface area contributed by atoms with Crippen molar-refractivity contribution in [3.63, 3.8) is 0 Å². The molecule has 0 radical (unpaired) electrons. The molecular formula is C12H23NO. The van der Waals surface area contributed by atoms with Gasteiger partial charge in [-0.2, -0.15) is 0 Å². The van der Waals surface area contributed by atoms with Gasteiger partial charge in [-0.25, -0.2) is 0 Å². The van der Waals surface area contributed by atoms with E-state index in [0.29, 0.717) is 16.9 Å². The normalized spacial score (nSPS) is 39.9. The van der Waals surface area contributed by atoms with Gasteiger partial charge < -0.3 is 9.64 Å². The third-order valence-electron chi connectivity index (χ3n) is 3.80. The summed E-state index contributed by atoms with van der Waals surface area (Å²) in [5, 5.41) is 0. The van der Waals surface area contributed by atoms with E-state index in [2.05, 4.69) is 32.7 Å². The monoisotopic (exact) mass is 197 g/mol. The van der Waals surface area contributed by atoms with Gasteiger partial charge in [0.05, 0.1) is 12.7 Å². The van der Waals surface area contributed by atoms with Crippen LogP contribution in [0.25, 0.3) is 0 Å². The first-order valence-electron chi connectivity index (χ1n) is 5.72. The van der Waals surface area contributed by atoms with Crippen LogP contribution < -0.4 is 0 Å². The van der Waals surface area contributed by atoms with E-state index in [1.807, 2.05) is 0 Å². The van der Waals surface area contributed by atoms with Gasteiger partial charge in [-0.05, 0) is 31.8 Å². The van der Waals surface area contributed by atoms with Crippen LogP contribution >= 0.6 is 0 Å². The van der Waals surface area contributed by atoms with Crippen LogP contribution in [-0.4, -0.2) is 37.7 Å². The van der Waals surface area contributed by atoms with E-state index in [1.165, 1.54) is 25.9 Å². The maximum Gasteiger partial charge on any atom is 0.0630 e. The molecule has 0 N–H and O–H groups in total. The van der Waals surface area contributed by atoms with Crippen LogP contribution in [0.5, 0.6) is 0 Å². The first kappa shape index (κ1) is 10.4.